The number of benzene rings is 1. The summed E-state index contributed by atoms with van der Waals surface area (Å²) in [5, 5.41) is 30.0. The van der Waals surface area contributed by atoms with Crippen molar-refractivity contribution in [3.63, 3.8) is 0 Å². The summed E-state index contributed by atoms with van der Waals surface area (Å²) in [6.07, 6.45) is 5.66. The number of unbranched alkanes of at least 4 members (excludes halogenated alkanes) is 2. The predicted octanol–water partition coefficient (Wildman–Crippen LogP) is 4.15. The lowest BCUT2D eigenvalue weighted by atomic mass is 9.86. The first-order valence-electron chi connectivity index (χ1n) is 10.2. The molecule has 0 saturated heterocycles. The zero-order valence-corrected chi connectivity index (χ0v) is 17.8. The average molecular weight is 453 g/mol. The minimum atomic E-state index is -0.826. The second-order valence-corrected chi connectivity index (χ2v) is 8.77. The van der Waals surface area contributed by atoms with E-state index in [1.807, 2.05) is 24.3 Å². The number of hydrogen-bond acceptors (Lipinski definition) is 4. The van der Waals surface area contributed by atoms with E-state index in [1.165, 1.54) is 0 Å². The Balaban J connectivity index is 1.79. The molecule has 0 spiro atoms. The Kier molecular flexibility index (Phi) is 7.18. The van der Waals surface area contributed by atoms with Gasteiger partial charge in [-0.2, -0.15) is 0 Å². The van der Waals surface area contributed by atoms with Gasteiger partial charge in [0.05, 0.1) is 12.2 Å². The van der Waals surface area contributed by atoms with E-state index in [1.54, 1.807) is 0 Å². The van der Waals surface area contributed by atoms with Crippen LogP contribution < -0.4 is 4.74 Å². The Hall–Kier alpha value is -1.37. The Labute approximate surface area is 174 Å². The van der Waals surface area contributed by atoms with Crippen LogP contribution >= 0.6 is 15.9 Å². The molecule has 1 saturated carbocycles. The smallest absolute Gasteiger partial charge is 0.303 e. The molecule has 0 aromatic heterocycles. The highest BCUT2D eigenvalue weighted by atomic mass is 79.9. The van der Waals surface area contributed by atoms with E-state index >= 15 is 0 Å². The van der Waals surface area contributed by atoms with Crippen molar-refractivity contribution >= 4 is 21.9 Å². The summed E-state index contributed by atoms with van der Waals surface area (Å²) in [6.45, 7) is 2.13. The molecule has 1 aliphatic heterocycles. The van der Waals surface area contributed by atoms with Crippen LogP contribution in [0.25, 0.3) is 0 Å². The van der Waals surface area contributed by atoms with Crippen LogP contribution in [-0.4, -0.2) is 39.6 Å². The molecule has 1 heterocycles. The zero-order valence-electron chi connectivity index (χ0n) is 16.2. The number of halogens is 1. The van der Waals surface area contributed by atoms with Gasteiger partial charge in [-0.05, 0) is 18.4 Å². The molecule has 0 radical (unpaired) electrons. The summed E-state index contributed by atoms with van der Waals surface area (Å²) >= 11 is 3.52. The maximum Gasteiger partial charge on any atom is 0.303 e. The summed E-state index contributed by atoms with van der Waals surface area (Å²) in [5.41, 5.74) is 1.94. The monoisotopic (exact) mass is 452 g/mol. The number of aliphatic hydroxyl groups excluding tert-OH is 2. The van der Waals surface area contributed by atoms with Crippen LogP contribution in [0.4, 0.5) is 0 Å². The number of aryl methyl sites for hydroxylation is 1. The van der Waals surface area contributed by atoms with Crippen molar-refractivity contribution < 1.29 is 24.9 Å². The van der Waals surface area contributed by atoms with E-state index in [9.17, 15) is 15.0 Å². The zero-order chi connectivity index (χ0) is 20.3. The van der Waals surface area contributed by atoms with Gasteiger partial charge in [-0.15, -0.1) is 0 Å². The number of carboxylic acid groups (broad SMARTS) is 1. The van der Waals surface area contributed by atoms with Crippen LogP contribution in [0.3, 0.4) is 0 Å². The number of carboxylic acids is 1. The van der Waals surface area contributed by atoms with E-state index in [0.717, 1.165) is 40.6 Å². The molecule has 1 aromatic rings. The van der Waals surface area contributed by atoms with Crippen LogP contribution in [0.5, 0.6) is 5.75 Å². The largest absolute Gasteiger partial charge is 0.489 e. The van der Waals surface area contributed by atoms with Crippen molar-refractivity contribution in [3.05, 3.63) is 39.9 Å². The third kappa shape index (κ3) is 4.61. The molecule has 5 nitrogen and oxygen atoms in total. The number of aliphatic hydroxyl groups is 2. The highest BCUT2D eigenvalue weighted by molar-refractivity contribution is 9.11. The first kappa shape index (κ1) is 21.3. The SMILES string of the molecule is CCCCC[C@@H](O)/C(Br)=C/[C@@H]1[C@H]2c3cccc(CCC(=O)O)c3O[C@H]2C[C@H]1O. The number of rotatable bonds is 9. The lowest BCUT2D eigenvalue weighted by Gasteiger charge is -2.19. The molecular weight excluding hydrogens is 424 g/mol. The van der Waals surface area contributed by atoms with Gasteiger partial charge in [0.1, 0.15) is 11.9 Å². The Morgan fingerprint density at radius 2 is 2.18 bits per heavy atom. The first-order valence-corrected chi connectivity index (χ1v) is 10.9. The quantitative estimate of drug-likeness (QED) is 0.489. The highest BCUT2D eigenvalue weighted by Crippen LogP contribution is 2.52. The molecule has 1 aromatic carbocycles. The van der Waals surface area contributed by atoms with E-state index in [0.29, 0.717) is 19.3 Å². The molecule has 3 N–H and O–H groups in total. The fourth-order valence-electron chi connectivity index (χ4n) is 4.39. The van der Waals surface area contributed by atoms with E-state index in [4.69, 9.17) is 9.84 Å². The number of ether oxygens (including phenoxy) is 1. The standard InChI is InChI=1S/C22H29BrO5/c1-2-3-4-8-17(24)16(23)11-15-18(25)12-19-21(15)14-7-5-6-13(22(14)28-19)9-10-20(26)27/h5-7,11,15,17-19,21,24-25H,2-4,8-10,12H2,1H3,(H,26,27)/b16-11-/t15-,17+,18+,19-,21+/m0/s1. The molecule has 0 unspecified atom stereocenters. The maximum atomic E-state index is 10.9. The number of fused-ring (bicyclic) bond motifs is 3. The Bertz CT molecular complexity index is 732. The summed E-state index contributed by atoms with van der Waals surface area (Å²) in [7, 11) is 0. The molecule has 2 aliphatic rings. The summed E-state index contributed by atoms with van der Waals surface area (Å²) < 4.78 is 6.88. The van der Waals surface area contributed by atoms with Crippen molar-refractivity contribution in [2.45, 2.75) is 76.1 Å². The van der Waals surface area contributed by atoms with Crippen LogP contribution in [0.15, 0.2) is 28.8 Å². The molecule has 1 aliphatic carbocycles. The van der Waals surface area contributed by atoms with E-state index < -0.39 is 18.2 Å². The normalized spacial score (nSPS) is 27.2. The number of aliphatic carboxylic acids is 1. The van der Waals surface area contributed by atoms with Crippen molar-refractivity contribution in [2.24, 2.45) is 5.92 Å². The Morgan fingerprint density at radius 1 is 1.39 bits per heavy atom. The van der Waals surface area contributed by atoms with Crippen molar-refractivity contribution in [1.82, 2.24) is 0 Å². The minimum absolute atomic E-state index is 0.0187. The topological polar surface area (TPSA) is 87.0 Å². The van der Waals surface area contributed by atoms with Gasteiger partial charge < -0.3 is 20.1 Å². The van der Waals surface area contributed by atoms with Gasteiger partial charge in [-0.1, -0.05) is 66.4 Å². The summed E-state index contributed by atoms with van der Waals surface area (Å²) in [5.74, 6) is -0.168. The van der Waals surface area contributed by atoms with Crippen LogP contribution in [-0.2, 0) is 11.2 Å². The van der Waals surface area contributed by atoms with Crippen molar-refractivity contribution in [1.29, 1.82) is 0 Å². The molecule has 5 atom stereocenters. The molecular formula is C22H29BrO5. The van der Waals surface area contributed by atoms with Gasteiger partial charge in [0.2, 0.25) is 0 Å². The minimum Gasteiger partial charge on any atom is -0.489 e. The molecule has 0 amide bonds. The van der Waals surface area contributed by atoms with Gasteiger partial charge in [0.25, 0.3) is 0 Å². The van der Waals surface area contributed by atoms with Gasteiger partial charge in [-0.25, -0.2) is 0 Å². The molecule has 0 bridgehead atoms. The lowest BCUT2D eigenvalue weighted by molar-refractivity contribution is -0.136. The fraction of sp³-hybridized carbons (Fsp3) is 0.591. The van der Waals surface area contributed by atoms with Crippen molar-refractivity contribution in [2.75, 3.05) is 0 Å². The summed E-state index contributed by atoms with van der Waals surface area (Å²) in [6, 6.07) is 5.86. The van der Waals surface area contributed by atoms with Gasteiger partial charge in [0, 0.05) is 34.7 Å². The number of carbonyl (C=O) groups is 1. The number of hydrogen-bond donors (Lipinski definition) is 3. The summed E-state index contributed by atoms with van der Waals surface area (Å²) in [4.78, 5) is 10.9. The first-order chi connectivity index (χ1) is 13.4. The Morgan fingerprint density at radius 3 is 2.89 bits per heavy atom. The second kappa shape index (κ2) is 9.42. The van der Waals surface area contributed by atoms with Crippen LogP contribution in [0.1, 0.15) is 62.5 Å². The number of para-hydroxylation sites is 1. The second-order valence-electron chi connectivity index (χ2n) is 7.85. The molecule has 1 fully saturated rings. The third-order valence-electron chi connectivity index (χ3n) is 5.85. The average Bonchev–Trinajstić information content (AvgIpc) is 3.16. The van der Waals surface area contributed by atoms with Gasteiger partial charge in [-0.3, -0.25) is 4.79 Å². The van der Waals surface area contributed by atoms with Crippen molar-refractivity contribution in [3.8, 4) is 5.75 Å². The fourth-order valence-corrected chi connectivity index (χ4v) is 4.93. The molecule has 3 rings (SSSR count). The molecule has 154 valence electrons. The van der Waals surface area contributed by atoms with E-state index in [2.05, 4.69) is 22.9 Å². The maximum absolute atomic E-state index is 10.9. The van der Waals surface area contributed by atoms with Gasteiger partial charge >= 0.3 is 5.97 Å². The van der Waals surface area contributed by atoms with Crippen LogP contribution in [0.2, 0.25) is 0 Å². The molecule has 28 heavy (non-hydrogen) atoms. The lowest BCUT2D eigenvalue weighted by Crippen LogP contribution is -2.18. The van der Waals surface area contributed by atoms with Gasteiger partial charge in [0.15, 0.2) is 0 Å². The van der Waals surface area contributed by atoms with Crippen LogP contribution in [0, 0.1) is 5.92 Å². The van der Waals surface area contributed by atoms with E-state index in [-0.39, 0.29) is 24.4 Å². The highest BCUT2D eigenvalue weighted by Gasteiger charge is 2.49. The molecule has 6 heteroatoms. The predicted molar refractivity (Wildman–Crippen MR) is 111 cm³/mol. The third-order valence-corrected chi connectivity index (χ3v) is 6.64.